The first-order valence-corrected chi connectivity index (χ1v) is 4.96. The van der Waals surface area contributed by atoms with Crippen LogP contribution >= 0.6 is 0 Å². The minimum absolute atomic E-state index is 0.463. The predicted molar refractivity (Wildman–Crippen MR) is 52.0 cm³/mol. The van der Waals surface area contributed by atoms with Gasteiger partial charge in [0.15, 0.2) is 11.1 Å². The molecule has 13 heavy (non-hydrogen) atoms. The lowest BCUT2D eigenvalue weighted by Crippen LogP contribution is -1.93. The Labute approximate surface area is 78.3 Å². The summed E-state index contributed by atoms with van der Waals surface area (Å²) in [4.78, 5) is 0.463. The summed E-state index contributed by atoms with van der Waals surface area (Å²) >= 11 is -1.91. The quantitative estimate of drug-likeness (QED) is 0.704. The van der Waals surface area contributed by atoms with Crippen LogP contribution in [0.1, 0.15) is 0 Å². The van der Waals surface area contributed by atoms with Crippen LogP contribution in [-0.2, 0) is 18.1 Å². The maximum Gasteiger partial charge on any atom is 0.188 e. The predicted octanol–water partition coefficient (Wildman–Crippen LogP) is 1.76. The fourth-order valence-corrected chi connectivity index (χ4v) is 2.08. The number of aromatic nitrogens is 1. The molecule has 1 aromatic carbocycles. The Kier molecular flexibility index (Phi) is 1.94. The lowest BCUT2D eigenvalue weighted by atomic mass is 10.2. The van der Waals surface area contributed by atoms with E-state index in [1.165, 1.54) is 0 Å². The van der Waals surface area contributed by atoms with Crippen LogP contribution < -0.4 is 0 Å². The average Bonchev–Trinajstić information content (AvgIpc) is 2.48. The Morgan fingerprint density at radius 3 is 2.85 bits per heavy atom. The van der Waals surface area contributed by atoms with Crippen molar-refractivity contribution in [3.63, 3.8) is 0 Å². The van der Waals surface area contributed by atoms with Crippen molar-refractivity contribution < 1.29 is 8.76 Å². The minimum Gasteiger partial charge on any atom is -0.349 e. The smallest absolute Gasteiger partial charge is 0.188 e. The van der Waals surface area contributed by atoms with Crippen LogP contribution in [0.2, 0.25) is 0 Å². The molecule has 0 aliphatic heterocycles. The summed E-state index contributed by atoms with van der Waals surface area (Å²) in [6.07, 6.45) is 1.88. The second kappa shape index (κ2) is 2.97. The molecule has 1 aromatic heterocycles. The number of fused-ring (bicyclic) bond motifs is 1. The number of rotatable bonds is 1. The minimum atomic E-state index is -1.91. The standard InChI is InChI=1S/C9H9NO2S/c1-10-6-5-7-3-2-4-8(9(7)10)13(11)12/h2-6H,1H3,(H,11,12). The lowest BCUT2D eigenvalue weighted by molar-refractivity contribution is 0.565. The highest BCUT2D eigenvalue weighted by atomic mass is 32.2. The molecule has 1 N–H and O–H groups in total. The van der Waals surface area contributed by atoms with Crippen molar-refractivity contribution in [3.8, 4) is 0 Å². The average molecular weight is 195 g/mol. The van der Waals surface area contributed by atoms with E-state index in [0.717, 1.165) is 10.9 Å². The van der Waals surface area contributed by atoms with Gasteiger partial charge in [-0.15, -0.1) is 0 Å². The van der Waals surface area contributed by atoms with Gasteiger partial charge in [0.1, 0.15) is 0 Å². The number of hydrogen-bond acceptors (Lipinski definition) is 1. The molecular weight excluding hydrogens is 186 g/mol. The second-order valence-electron chi connectivity index (χ2n) is 2.87. The molecule has 1 heterocycles. The summed E-state index contributed by atoms with van der Waals surface area (Å²) in [6, 6.07) is 7.29. The van der Waals surface area contributed by atoms with Gasteiger partial charge in [0.25, 0.3) is 0 Å². The van der Waals surface area contributed by atoms with Gasteiger partial charge in [-0.25, -0.2) is 4.21 Å². The number of para-hydroxylation sites is 1. The first-order chi connectivity index (χ1) is 6.20. The van der Waals surface area contributed by atoms with E-state index < -0.39 is 11.1 Å². The highest BCUT2D eigenvalue weighted by Crippen LogP contribution is 2.21. The van der Waals surface area contributed by atoms with Crippen molar-refractivity contribution in [1.82, 2.24) is 4.57 Å². The van der Waals surface area contributed by atoms with Crippen molar-refractivity contribution in [2.75, 3.05) is 0 Å². The van der Waals surface area contributed by atoms with Gasteiger partial charge < -0.3 is 9.12 Å². The lowest BCUT2D eigenvalue weighted by Gasteiger charge is -2.00. The Balaban J connectivity index is 2.88. The van der Waals surface area contributed by atoms with Crippen molar-refractivity contribution in [2.24, 2.45) is 7.05 Å². The summed E-state index contributed by atoms with van der Waals surface area (Å²) in [5, 5.41) is 0.988. The first-order valence-electron chi connectivity index (χ1n) is 3.85. The Morgan fingerprint density at radius 2 is 2.15 bits per heavy atom. The van der Waals surface area contributed by atoms with E-state index in [-0.39, 0.29) is 0 Å². The molecule has 0 amide bonds. The third kappa shape index (κ3) is 1.28. The fourth-order valence-electron chi connectivity index (χ4n) is 1.46. The van der Waals surface area contributed by atoms with Gasteiger partial charge in [-0.1, -0.05) is 12.1 Å². The zero-order valence-electron chi connectivity index (χ0n) is 7.10. The van der Waals surface area contributed by atoms with Crippen molar-refractivity contribution >= 4 is 22.0 Å². The number of hydrogen-bond donors (Lipinski definition) is 1. The topological polar surface area (TPSA) is 42.2 Å². The van der Waals surface area contributed by atoms with E-state index in [1.54, 1.807) is 12.1 Å². The number of benzene rings is 1. The molecule has 2 aromatic rings. The summed E-state index contributed by atoms with van der Waals surface area (Å²) in [7, 11) is 1.86. The SMILES string of the molecule is Cn1ccc2cccc(S(=O)O)c21. The largest absolute Gasteiger partial charge is 0.349 e. The molecule has 0 aliphatic carbocycles. The van der Waals surface area contributed by atoms with Gasteiger partial charge in [-0.2, -0.15) is 0 Å². The molecule has 0 saturated carbocycles. The van der Waals surface area contributed by atoms with Crippen LogP contribution in [0.25, 0.3) is 10.9 Å². The Hall–Kier alpha value is -1.13. The first kappa shape index (κ1) is 8.47. The summed E-state index contributed by atoms with van der Waals surface area (Å²) in [5.74, 6) is 0. The van der Waals surface area contributed by atoms with Gasteiger partial charge >= 0.3 is 0 Å². The molecule has 0 fully saturated rings. The monoisotopic (exact) mass is 195 g/mol. The molecule has 0 aliphatic rings. The van der Waals surface area contributed by atoms with E-state index in [1.807, 2.05) is 29.9 Å². The van der Waals surface area contributed by atoms with Crippen LogP contribution in [0, 0.1) is 0 Å². The molecule has 1 unspecified atom stereocenters. The second-order valence-corrected chi connectivity index (χ2v) is 3.81. The fraction of sp³-hybridized carbons (Fsp3) is 0.111. The molecule has 2 rings (SSSR count). The van der Waals surface area contributed by atoms with Gasteiger partial charge in [0.2, 0.25) is 0 Å². The van der Waals surface area contributed by atoms with E-state index in [9.17, 15) is 4.21 Å². The van der Waals surface area contributed by atoms with Crippen LogP contribution in [-0.4, -0.2) is 13.3 Å². The molecule has 68 valence electrons. The van der Waals surface area contributed by atoms with Gasteiger partial charge in [0, 0.05) is 18.6 Å². The Bertz CT molecular complexity index is 475. The molecule has 0 bridgehead atoms. The maximum absolute atomic E-state index is 11.0. The molecule has 3 nitrogen and oxygen atoms in total. The molecule has 0 radical (unpaired) electrons. The number of aryl methyl sites for hydroxylation is 1. The Morgan fingerprint density at radius 1 is 1.38 bits per heavy atom. The van der Waals surface area contributed by atoms with E-state index in [2.05, 4.69) is 0 Å². The molecule has 0 spiro atoms. The summed E-state index contributed by atoms with van der Waals surface area (Å²) in [5.41, 5.74) is 0.823. The molecule has 1 atom stereocenters. The third-order valence-electron chi connectivity index (χ3n) is 2.05. The van der Waals surface area contributed by atoms with E-state index >= 15 is 0 Å². The highest BCUT2D eigenvalue weighted by Gasteiger charge is 2.07. The zero-order chi connectivity index (χ0) is 9.42. The highest BCUT2D eigenvalue weighted by molar-refractivity contribution is 7.79. The summed E-state index contributed by atoms with van der Waals surface area (Å²) < 4.78 is 21.8. The van der Waals surface area contributed by atoms with Crippen LogP contribution in [0.4, 0.5) is 0 Å². The van der Waals surface area contributed by atoms with E-state index in [4.69, 9.17) is 4.55 Å². The molecule has 0 saturated heterocycles. The zero-order valence-corrected chi connectivity index (χ0v) is 7.91. The van der Waals surface area contributed by atoms with Crippen LogP contribution in [0.5, 0.6) is 0 Å². The third-order valence-corrected chi connectivity index (χ3v) is 2.75. The van der Waals surface area contributed by atoms with Crippen molar-refractivity contribution in [2.45, 2.75) is 4.90 Å². The maximum atomic E-state index is 11.0. The molecular formula is C9H9NO2S. The van der Waals surface area contributed by atoms with Gasteiger partial charge in [0.05, 0.1) is 10.4 Å². The van der Waals surface area contributed by atoms with Crippen LogP contribution in [0.15, 0.2) is 35.4 Å². The number of nitrogens with zero attached hydrogens (tertiary/aromatic N) is 1. The van der Waals surface area contributed by atoms with E-state index in [0.29, 0.717) is 4.90 Å². The normalized spacial score (nSPS) is 13.4. The van der Waals surface area contributed by atoms with Crippen molar-refractivity contribution in [3.05, 3.63) is 30.5 Å². The van der Waals surface area contributed by atoms with Gasteiger partial charge in [-0.05, 0) is 12.1 Å². The summed E-state index contributed by atoms with van der Waals surface area (Å²) in [6.45, 7) is 0. The van der Waals surface area contributed by atoms with Crippen LogP contribution in [0.3, 0.4) is 0 Å². The van der Waals surface area contributed by atoms with Gasteiger partial charge in [-0.3, -0.25) is 0 Å². The van der Waals surface area contributed by atoms with Crippen molar-refractivity contribution in [1.29, 1.82) is 0 Å². The molecule has 4 heteroatoms.